The Morgan fingerprint density at radius 1 is 0.348 bits per heavy atom. The molecule has 23 heavy (non-hydrogen) atoms. The smallest absolute Gasteiger partial charge is 0.0466 e. The van der Waals surface area contributed by atoms with Crippen LogP contribution >= 0.6 is 18.5 Å². The van der Waals surface area contributed by atoms with Gasteiger partial charge in [0.1, 0.15) is 0 Å². The first-order valence-corrected chi connectivity index (χ1v) is 12.0. The first-order chi connectivity index (χ1) is 11.4. The summed E-state index contributed by atoms with van der Waals surface area (Å²) in [5, 5.41) is 0. The zero-order valence-electron chi connectivity index (χ0n) is 15.7. The van der Waals surface area contributed by atoms with E-state index in [9.17, 15) is 0 Å². The lowest BCUT2D eigenvalue weighted by atomic mass is 10.1. The van der Waals surface area contributed by atoms with Gasteiger partial charge in [0.05, 0.1) is 0 Å². The standard InChI is InChI=1S/C20H44OP2/c22-19-15-11-7-3-1-5-9-13-17-21-18-14-10-6-2-4-8-12-16-20-23/h1-20,22-23H2. The molecular formula is C20H44OP2. The van der Waals surface area contributed by atoms with Crippen LogP contribution in [0.5, 0.6) is 0 Å². The molecule has 0 aliphatic heterocycles. The molecule has 0 aromatic carbocycles. The summed E-state index contributed by atoms with van der Waals surface area (Å²) >= 11 is 0. The highest BCUT2D eigenvalue weighted by atomic mass is 31.0. The van der Waals surface area contributed by atoms with Gasteiger partial charge in [-0.05, 0) is 38.0 Å². The van der Waals surface area contributed by atoms with E-state index in [0.717, 1.165) is 13.2 Å². The van der Waals surface area contributed by atoms with Crippen LogP contribution in [0.1, 0.15) is 103 Å². The van der Waals surface area contributed by atoms with Crippen molar-refractivity contribution in [1.29, 1.82) is 0 Å². The molecule has 1 nitrogen and oxygen atoms in total. The normalized spacial score (nSPS) is 11.2. The molecule has 0 spiro atoms. The van der Waals surface area contributed by atoms with Crippen molar-refractivity contribution >= 4 is 18.5 Å². The third-order valence-corrected chi connectivity index (χ3v) is 5.30. The highest BCUT2D eigenvalue weighted by Gasteiger charge is 1.94. The van der Waals surface area contributed by atoms with Crippen molar-refractivity contribution in [1.82, 2.24) is 0 Å². The Labute approximate surface area is 151 Å². The Bertz CT molecular complexity index is 180. The summed E-state index contributed by atoms with van der Waals surface area (Å²) in [7, 11) is 5.64. The maximum atomic E-state index is 5.75. The fraction of sp³-hybridized carbons (Fsp3) is 1.00. The van der Waals surface area contributed by atoms with Gasteiger partial charge in [0.15, 0.2) is 0 Å². The number of hydrogen-bond donors (Lipinski definition) is 0. The Morgan fingerprint density at radius 3 is 0.913 bits per heavy atom. The second kappa shape index (κ2) is 22.8. The fourth-order valence-corrected chi connectivity index (χ4v) is 3.50. The Morgan fingerprint density at radius 2 is 0.609 bits per heavy atom. The van der Waals surface area contributed by atoms with Crippen molar-refractivity contribution < 1.29 is 4.74 Å². The van der Waals surface area contributed by atoms with Gasteiger partial charge in [0.2, 0.25) is 0 Å². The molecule has 0 saturated carbocycles. The summed E-state index contributed by atoms with van der Waals surface area (Å²) in [6.45, 7) is 1.98. The van der Waals surface area contributed by atoms with Crippen molar-refractivity contribution in [2.24, 2.45) is 0 Å². The fourth-order valence-electron chi connectivity index (χ4n) is 2.92. The molecule has 0 aliphatic carbocycles. The average molecular weight is 363 g/mol. The van der Waals surface area contributed by atoms with E-state index in [2.05, 4.69) is 18.5 Å². The minimum atomic E-state index is 0.988. The number of ether oxygens (including phenoxy) is 1. The average Bonchev–Trinajstić information content (AvgIpc) is 2.57. The SMILES string of the molecule is PCCCCCCCCCCOCCCCCCCCCCP. The molecule has 0 bridgehead atoms. The molecule has 3 heteroatoms. The zero-order valence-corrected chi connectivity index (χ0v) is 18.0. The van der Waals surface area contributed by atoms with Gasteiger partial charge in [-0.25, -0.2) is 0 Å². The highest BCUT2D eigenvalue weighted by molar-refractivity contribution is 7.16. The molecule has 2 atom stereocenters. The molecule has 0 aliphatic rings. The van der Waals surface area contributed by atoms with Gasteiger partial charge in [0.25, 0.3) is 0 Å². The minimum absolute atomic E-state index is 0.988. The van der Waals surface area contributed by atoms with Gasteiger partial charge in [-0.3, -0.25) is 0 Å². The highest BCUT2D eigenvalue weighted by Crippen LogP contribution is 2.11. The van der Waals surface area contributed by atoms with Crippen molar-refractivity contribution in [2.75, 3.05) is 25.5 Å². The van der Waals surface area contributed by atoms with Crippen molar-refractivity contribution in [3.8, 4) is 0 Å². The third kappa shape index (κ3) is 22.8. The van der Waals surface area contributed by atoms with E-state index < -0.39 is 0 Å². The number of rotatable bonds is 20. The van der Waals surface area contributed by atoms with E-state index in [0.29, 0.717) is 0 Å². The van der Waals surface area contributed by atoms with Gasteiger partial charge in [-0.1, -0.05) is 77.0 Å². The van der Waals surface area contributed by atoms with Crippen LogP contribution in [0.3, 0.4) is 0 Å². The monoisotopic (exact) mass is 362 g/mol. The van der Waals surface area contributed by atoms with Crippen LogP contribution in [0.25, 0.3) is 0 Å². The van der Waals surface area contributed by atoms with E-state index in [-0.39, 0.29) is 0 Å². The van der Waals surface area contributed by atoms with Crippen molar-refractivity contribution in [2.45, 2.75) is 103 Å². The summed E-state index contributed by atoms with van der Waals surface area (Å²) in [4.78, 5) is 0. The Kier molecular flexibility index (Phi) is 23.6. The van der Waals surface area contributed by atoms with Crippen LogP contribution < -0.4 is 0 Å². The molecule has 0 aromatic heterocycles. The van der Waals surface area contributed by atoms with Gasteiger partial charge in [-0.15, -0.1) is 18.5 Å². The molecular weight excluding hydrogens is 318 g/mol. The zero-order chi connectivity index (χ0) is 16.8. The first-order valence-electron chi connectivity index (χ1n) is 10.4. The Hall–Kier alpha value is 0.820. The predicted octanol–water partition coefficient (Wildman–Crippen LogP) is 6.99. The van der Waals surface area contributed by atoms with Crippen molar-refractivity contribution in [3.63, 3.8) is 0 Å². The lowest BCUT2D eigenvalue weighted by Gasteiger charge is -2.05. The van der Waals surface area contributed by atoms with Crippen LogP contribution in [0.4, 0.5) is 0 Å². The van der Waals surface area contributed by atoms with Crippen LogP contribution in [-0.2, 0) is 4.74 Å². The van der Waals surface area contributed by atoms with Gasteiger partial charge < -0.3 is 4.74 Å². The number of unbranched alkanes of at least 4 members (excludes halogenated alkanes) is 14. The first kappa shape index (κ1) is 23.8. The molecule has 0 rings (SSSR count). The van der Waals surface area contributed by atoms with Crippen LogP contribution in [0, 0.1) is 0 Å². The van der Waals surface area contributed by atoms with E-state index in [1.165, 1.54) is 115 Å². The molecule has 0 radical (unpaired) electrons. The predicted molar refractivity (Wildman–Crippen MR) is 114 cm³/mol. The molecule has 2 unspecified atom stereocenters. The molecule has 0 fully saturated rings. The summed E-state index contributed by atoms with van der Waals surface area (Å²) in [6.07, 6.45) is 24.8. The van der Waals surface area contributed by atoms with Crippen LogP contribution in [-0.4, -0.2) is 25.5 Å². The summed E-state index contributed by atoms with van der Waals surface area (Å²) in [6, 6.07) is 0. The second-order valence-electron chi connectivity index (χ2n) is 6.85. The topological polar surface area (TPSA) is 9.23 Å². The summed E-state index contributed by atoms with van der Waals surface area (Å²) in [5.74, 6) is 0. The van der Waals surface area contributed by atoms with Gasteiger partial charge in [0, 0.05) is 13.2 Å². The van der Waals surface area contributed by atoms with Crippen LogP contribution in [0.2, 0.25) is 0 Å². The van der Waals surface area contributed by atoms with E-state index >= 15 is 0 Å². The molecule has 140 valence electrons. The van der Waals surface area contributed by atoms with E-state index in [1.807, 2.05) is 0 Å². The van der Waals surface area contributed by atoms with Crippen LogP contribution in [0.15, 0.2) is 0 Å². The molecule has 0 aromatic rings. The third-order valence-electron chi connectivity index (χ3n) is 4.49. The quantitative estimate of drug-likeness (QED) is 0.167. The summed E-state index contributed by atoms with van der Waals surface area (Å²) < 4.78 is 5.75. The maximum absolute atomic E-state index is 5.75. The number of hydrogen-bond acceptors (Lipinski definition) is 1. The van der Waals surface area contributed by atoms with Gasteiger partial charge in [-0.2, -0.15) is 0 Å². The largest absolute Gasteiger partial charge is 0.381 e. The molecule has 0 N–H and O–H groups in total. The second-order valence-corrected chi connectivity index (χ2v) is 8.00. The molecule has 0 amide bonds. The lowest BCUT2D eigenvalue weighted by molar-refractivity contribution is 0.125. The Balaban J connectivity index is 2.92. The lowest BCUT2D eigenvalue weighted by Crippen LogP contribution is -1.97. The van der Waals surface area contributed by atoms with Gasteiger partial charge >= 0.3 is 0 Å². The molecule has 0 saturated heterocycles. The minimum Gasteiger partial charge on any atom is -0.381 e. The summed E-state index contributed by atoms with van der Waals surface area (Å²) in [5.41, 5.74) is 0. The maximum Gasteiger partial charge on any atom is 0.0466 e. The molecule has 0 heterocycles. The van der Waals surface area contributed by atoms with Crippen molar-refractivity contribution in [3.05, 3.63) is 0 Å². The van der Waals surface area contributed by atoms with E-state index in [4.69, 9.17) is 4.74 Å². The van der Waals surface area contributed by atoms with E-state index in [1.54, 1.807) is 0 Å².